The van der Waals surface area contributed by atoms with Gasteiger partial charge >= 0.3 is 0 Å². The first-order chi connectivity index (χ1) is 11.2. The van der Waals surface area contributed by atoms with Crippen molar-refractivity contribution >= 4 is 33.3 Å². The summed E-state index contributed by atoms with van der Waals surface area (Å²) in [4.78, 5) is 11.5. The number of rotatable bonds is 1. The number of fused-ring (bicyclic) bond motifs is 3. The summed E-state index contributed by atoms with van der Waals surface area (Å²) in [6.45, 7) is 4.12. The molecule has 8 heteroatoms. The summed E-state index contributed by atoms with van der Waals surface area (Å²) >= 11 is 3.54. The van der Waals surface area contributed by atoms with Gasteiger partial charge in [0.2, 0.25) is 0 Å². The Morgan fingerprint density at radius 2 is 2.22 bits per heavy atom. The number of hydrogen-bond acceptors (Lipinski definition) is 6. The lowest BCUT2D eigenvalue weighted by molar-refractivity contribution is -0.0829. The van der Waals surface area contributed by atoms with Gasteiger partial charge in [-0.05, 0) is 47.9 Å². The van der Waals surface area contributed by atoms with Crippen molar-refractivity contribution < 1.29 is 4.74 Å². The van der Waals surface area contributed by atoms with Gasteiger partial charge in [-0.2, -0.15) is 5.10 Å². The molecule has 6 rings (SSSR count). The van der Waals surface area contributed by atoms with Crippen LogP contribution in [0.1, 0.15) is 12.8 Å². The van der Waals surface area contributed by atoms with Crippen molar-refractivity contribution in [1.29, 1.82) is 0 Å². The van der Waals surface area contributed by atoms with E-state index in [0.29, 0.717) is 17.8 Å². The van der Waals surface area contributed by atoms with Crippen molar-refractivity contribution in [2.75, 3.05) is 31.5 Å². The van der Waals surface area contributed by atoms with Crippen LogP contribution in [-0.2, 0) is 4.74 Å². The van der Waals surface area contributed by atoms with E-state index in [-0.39, 0.29) is 5.60 Å². The highest BCUT2D eigenvalue weighted by molar-refractivity contribution is 9.10. The summed E-state index contributed by atoms with van der Waals surface area (Å²) in [7, 11) is 0. The molecule has 2 bridgehead atoms. The highest BCUT2D eigenvalue weighted by Crippen LogP contribution is 2.41. The summed E-state index contributed by atoms with van der Waals surface area (Å²) < 4.78 is 9.02. The monoisotopic (exact) mass is 376 g/mol. The predicted octanol–water partition coefficient (Wildman–Crippen LogP) is 1.75. The van der Waals surface area contributed by atoms with Gasteiger partial charge in [-0.1, -0.05) is 0 Å². The third kappa shape index (κ3) is 2.08. The fourth-order valence-corrected chi connectivity index (χ4v) is 4.54. The van der Waals surface area contributed by atoms with Crippen LogP contribution in [0, 0.1) is 5.92 Å². The van der Waals surface area contributed by atoms with Crippen molar-refractivity contribution in [2.24, 2.45) is 10.9 Å². The van der Waals surface area contributed by atoms with E-state index in [1.165, 1.54) is 32.3 Å². The fraction of sp³-hybridized carbons (Fsp3) is 0.533. The first-order valence-electron chi connectivity index (χ1n) is 7.94. The topological polar surface area (TPSA) is 67.0 Å². The molecule has 4 aliphatic rings. The molecule has 0 aliphatic carbocycles. The second-order valence-corrected chi connectivity index (χ2v) is 7.38. The van der Waals surface area contributed by atoms with Crippen LogP contribution in [0.25, 0.3) is 5.52 Å². The van der Waals surface area contributed by atoms with Crippen LogP contribution in [0.5, 0.6) is 0 Å². The SMILES string of the molecule is Brc1ccn2ncnc(NC3=NC[C@@]4(CN5CCC4CC5)O3)c12. The standard InChI is InChI=1S/C15H17BrN6O/c16-11-3-6-22-12(11)13(18-9-19-22)20-14-17-7-15(23-14)8-21-4-1-10(15)2-5-21/h3,6,9-10H,1-2,4-5,7-8H2,(H,17,18,19,20)/t15-/m0/s1. The Bertz CT molecular complexity index is 796. The maximum Gasteiger partial charge on any atom is 0.291 e. The van der Waals surface area contributed by atoms with Crippen molar-refractivity contribution in [1.82, 2.24) is 19.5 Å². The molecule has 4 aliphatic heterocycles. The molecule has 1 spiro atoms. The molecular weight excluding hydrogens is 360 g/mol. The summed E-state index contributed by atoms with van der Waals surface area (Å²) in [5.74, 6) is 1.31. The molecule has 0 amide bonds. The number of aliphatic imine (C=N–C) groups is 1. The van der Waals surface area contributed by atoms with Gasteiger partial charge in [0, 0.05) is 23.1 Å². The number of ether oxygens (including phenoxy) is 1. The average molecular weight is 377 g/mol. The second-order valence-electron chi connectivity index (χ2n) is 6.53. The molecule has 1 atom stereocenters. The third-order valence-electron chi connectivity index (χ3n) is 5.24. The van der Waals surface area contributed by atoms with Crippen LogP contribution < -0.4 is 5.32 Å². The average Bonchev–Trinajstić information content (AvgIpc) is 3.14. The number of anilines is 1. The Labute approximate surface area is 141 Å². The molecular formula is C15H17BrN6O. The minimum absolute atomic E-state index is 0.138. The second kappa shape index (κ2) is 4.91. The number of amidine groups is 1. The first kappa shape index (κ1) is 13.7. The maximum atomic E-state index is 6.31. The highest BCUT2D eigenvalue weighted by Gasteiger charge is 2.51. The van der Waals surface area contributed by atoms with E-state index < -0.39 is 0 Å². The fourth-order valence-electron chi connectivity index (χ4n) is 4.06. The van der Waals surface area contributed by atoms with E-state index in [0.717, 1.165) is 23.1 Å². The van der Waals surface area contributed by atoms with Gasteiger partial charge in [-0.3, -0.25) is 10.2 Å². The quantitative estimate of drug-likeness (QED) is 0.821. The van der Waals surface area contributed by atoms with Crippen LogP contribution in [0.3, 0.4) is 0 Å². The van der Waals surface area contributed by atoms with E-state index in [4.69, 9.17) is 4.74 Å². The lowest BCUT2D eigenvalue weighted by Crippen LogP contribution is -2.61. The van der Waals surface area contributed by atoms with Crippen molar-refractivity contribution in [3.63, 3.8) is 0 Å². The molecule has 0 saturated carbocycles. The molecule has 0 radical (unpaired) electrons. The Morgan fingerprint density at radius 1 is 1.35 bits per heavy atom. The van der Waals surface area contributed by atoms with Gasteiger partial charge in [0.25, 0.3) is 6.02 Å². The van der Waals surface area contributed by atoms with Crippen molar-refractivity contribution in [2.45, 2.75) is 18.4 Å². The Hall–Kier alpha value is -1.67. The predicted molar refractivity (Wildman–Crippen MR) is 89.6 cm³/mol. The molecule has 3 fully saturated rings. The van der Waals surface area contributed by atoms with Gasteiger partial charge in [0.05, 0.1) is 6.54 Å². The van der Waals surface area contributed by atoms with E-state index in [2.05, 4.69) is 41.2 Å². The van der Waals surface area contributed by atoms with Gasteiger partial charge in [-0.15, -0.1) is 0 Å². The number of nitrogens with zero attached hydrogens (tertiary/aromatic N) is 5. The van der Waals surface area contributed by atoms with Crippen LogP contribution in [0.15, 0.2) is 28.1 Å². The number of piperidine rings is 3. The van der Waals surface area contributed by atoms with E-state index in [1.807, 2.05) is 12.3 Å². The largest absolute Gasteiger partial charge is 0.455 e. The van der Waals surface area contributed by atoms with Gasteiger partial charge < -0.3 is 4.74 Å². The minimum atomic E-state index is -0.138. The number of halogens is 1. The van der Waals surface area contributed by atoms with Crippen LogP contribution in [0.4, 0.5) is 5.82 Å². The maximum absolute atomic E-state index is 6.31. The molecule has 7 nitrogen and oxygen atoms in total. The number of nitrogens with one attached hydrogen (secondary N) is 1. The first-order valence-corrected chi connectivity index (χ1v) is 8.73. The summed E-state index contributed by atoms with van der Waals surface area (Å²) in [6.07, 6.45) is 5.84. The van der Waals surface area contributed by atoms with Gasteiger partial charge in [0.1, 0.15) is 17.4 Å². The van der Waals surface area contributed by atoms with E-state index in [1.54, 1.807) is 4.52 Å². The van der Waals surface area contributed by atoms with Crippen molar-refractivity contribution in [3.8, 4) is 0 Å². The van der Waals surface area contributed by atoms with Crippen LogP contribution in [-0.4, -0.2) is 57.3 Å². The molecule has 2 aromatic rings. The lowest BCUT2D eigenvalue weighted by Gasteiger charge is -2.50. The van der Waals surface area contributed by atoms with Crippen LogP contribution >= 0.6 is 15.9 Å². The Morgan fingerprint density at radius 3 is 3.00 bits per heavy atom. The minimum Gasteiger partial charge on any atom is -0.455 e. The lowest BCUT2D eigenvalue weighted by atomic mass is 9.75. The molecule has 0 aromatic carbocycles. The Kier molecular flexibility index (Phi) is 2.93. The van der Waals surface area contributed by atoms with Crippen molar-refractivity contribution in [3.05, 3.63) is 23.1 Å². The smallest absolute Gasteiger partial charge is 0.291 e. The summed E-state index contributed by atoms with van der Waals surface area (Å²) in [6, 6.07) is 2.52. The normalized spacial score (nSPS) is 32.3. The van der Waals surface area contributed by atoms with Gasteiger partial charge in [-0.25, -0.2) is 14.5 Å². The molecule has 120 valence electrons. The Balaban J connectivity index is 1.40. The van der Waals surface area contributed by atoms with E-state index in [9.17, 15) is 0 Å². The zero-order chi connectivity index (χ0) is 15.4. The molecule has 2 aromatic heterocycles. The number of aromatic nitrogens is 3. The zero-order valence-electron chi connectivity index (χ0n) is 12.6. The summed E-state index contributed by atoms with van der Waals surface area (Å²) in [5.41, 5.74) is 0.745. The molecule has 0 unspecified atom stereocenters. The molecule has 6 heterocycles. The third-order valence-corrected chi connectivity index (χ3v) is 5.88. The molecule has 23 heavy (non-hydrogen) atoms. The highest BCUT2D eigenvalue weighted by atomic mass is 79.9. The molecule has 1 N–H and O–H groups in total. The van der Waals surface area contributed by atoms with Crippen LogP contribution in [0.2, 0.25) is 0 Å². The van der Waals surface area contributed by atoms with E-state index >= 15 is 0 Å². The zero-order valence-corrected chi connectivity index (χ0v) is 14.2. The summed E-state index contributed by atoms with van der Waals surface area (Å²) in [5, 5.41) is 7.45. The number of hydrogen-bond donors (Lipinski definition) is 1. The van der Waals surface area contributed by atoms with Gasteiger partial charge in [0.15, 0.2) is 5.82 Å². The molecule has 3 saturated heterocycles.